The van der Waals surface area contributed by atoms with Gasteiger partial charge in [0.05, 0.1) is 5.41 Å². The zero-order valence-electron chi connectivity index (χ0n) is 6.96. The van der Waals surface area contributed by atoms with Crippen molar-refractivity contribution in [2.24, 2.45) is 5.41 Å². The van der Waals surface area contributed by atoms with E-state index in [-0.39, 0.29) is 5.41 Å². The first-order chi connectivity index (χ1) is 6.18. The molecule has 70 valence electrons. The number of hydrogen-bond donors (Lipinski definition) is 1. The lowest BCUT2D eigenvalue weighted by Gasteiger charge is -2.58. The molecule has 2 spiro atoms. The Morgan fingerprint density at radius 3 is 2.08 bits per heavy atom. The highest BCUT2D eigenvalue weighted by Crippen LogP contribution is 2.56. The molecular formula is C8H9NO4. The summed E-state index contributed by atoms with van der Waals surface area (Å²) in [6, 6.07) is 0. The number of rotatable bonds is 0. The summed E-state index contributed by atoms with van der Waals surface area (Å²) in [6.45, 7) is 0.771. The summed E-state index contributed by atoms with van der Waals surface area (Å²) in [5.74, 6) is -2.85. The van der Waals surface area contributed by atoms with Crippen LogP contribution in [-0.2, 0) is 19.1 Å². The first-order valence-corrected chi connectivity index (χ1v) is 4.39. The summed E-state index contributed by atoms with van der Waals surface area (Å²) < 4.78 is 9.87. The van der Waals surface area contributed by atoms with Crippen molar-refractivity contribution in [3.8, 4) is 0 Å². The SMILES string of the molecule is O=C1OC2(NCC23CCC3)OC1=O. The van der Waals surface area contributed by atoms with E-state index < -0.39 is 17.8 Å². The van der Waals surface area contributed by atoms with Crippen molar-refractivity contribution < 1.29 is 19.1 Å². The van der Waals surface area contributed by atoms with Crippen LogP contribution >= 0.6 is 0 Å². The van der Waals surface area contributed by atoms with Crippen molar-refractivity contribution in [2.75, 3.05) is 6.54 Å². The fourth-order valence-corrected chi connectivity index (χ4v) is 2.25. The zero-order valence-corrected chi connectivity index (χ0v) is 6.96. The van der Waals surface area contributed by atoms with E-state index in [9.17, 15) is 9.59 Å². The largest absolute Gasteiger partial charge is 0.421 e. The lowest BCUT2D eigenvalue weighted by Crippen LogP contribution is -2.76. The molecule has 2 saturated heterocycles. The van der Waals surface area contributed by atoms with Crippen LogP contribution in [-0.4, -0.2) is 24.4 Å². The van der Waals surface area contributed by atoms with Gasteiger partial charge in [0, 0.05) is 6.54 Å². The van der Waals surface area contributed by atoms with Gasteiger partial charge in [-0.25, -0.2) is 14.9 Å². The molecule has 13 heavy (non-hydrogen) atoms. The molecule has 0 aromatic rings. The van der Waals surface area contributed by atoms with Gasteiger partial charge in [0.25, 0.3) is 0 Å². The number of hydrogen-bond acceptors (Lipinski definition) is 5. The monoisotopic (exact) mass is 183 g/mol. The van der Waals surface area contributed by atoms with E-state index in [1.807, 2.05) is 0 Å². The van der Waals surface area contributed by atoms with E-state index >= 15 is 0 Å². The average Bonchev–Trinajstić information content (AvgIpc) is 2.26. The molecule has 3 rings (SSSR count). The molecule has 0 amide bonds. The van der Waals surface area contributed by atoms with E-state index in [2.05, 4.69) is 5.32 Å². The zero-order chi connectivity index (χ0) is 9.10. The smallest absolute Gasteiger partial charge is 0.399 e. The first-order valence-electron chi connectivity index (χ1n) is 4.39. The van der Waals surface area contributed by atoms with Gasteiger partial charge in [0.2, 0.25) is 0 Å². The summed E-state index contributed by atoms with van der Waals surface area (Å²) in [7, 11) is 0. The molecule has 0 bridgehead atoms. The summed E-state index contributed by atoms with van der Waals surface area (Å²) in [5.41, 5.74) is -0.116. The van der Waals surface area contributed by atoms with Gasteiger partial charge in [-0.3, -0.25) is 0 Å². The molecule has 5 nitrogen and oxygen atoms in total. The van der Waals surface area contributed by atoms with Crippen LogP contribution in [0.2, 0.25) is 0 Å². The maximum atomic E-state index is 10.9. The standard InChI is InChI=1S/C8H9NO4/c10-5-6(11)13-8(12-5)7(4-9-8)2-1-3-7/h9H,1-4H2. The summed E-state index contributed by atoms with van der Waals surface area (Å²) >= 11 is 0. The van der Waals surface area contributed by atoms with Crippen molar-refractivity contribution >= 4 is 11.9 Å². The van der Waals surface area contributed by atoms with Crippen LogP contribution in [0.4, 0.5) is 0 Å². The number of ether oxygens (including phenoxy) is 2. The summed E-state index contributed by atoms with van der Waals surface area (Å²) in [5, 5.41) is 2.89. The Hall–Kier alpha value is -1.10. The third kappa shape index (κ3) is 0.634. The molecule has 0 aromatic carbocycles. The second-order valence-corrected chi connectivity index (χ2v) is 3.88. The van der Waals surface area contributed by atoms with Gasteiger partial charge in [-0.15, -0.1) is 0 Å². The molecule has 1 aliphatic carbocycles. The lowest BCUT2D eigenvalue weighted by atomic mass is 9.61. The van der Waals surface area contributed by atoms with Crippen molar-refractivity contribution in [1.29, 1.82) is 0 Å². The molecule has 0 radical (unpaired) electrons. The topological polar surface area (TPSA) is 64.6 Å². The molecule has 1 N–H and O–H groups in total. The molecule has 3 fully saturated rings. The minimum Gasteiger partial charge on any atom is -0.399 e. The van der Waals surface area contributed by atoms with Crippen LogP contribution in [0, 0.1) is 5.41 Å². The Kier molecular flexibility index (Phi) is 1.05. The molecule has 5 heteroatoms. The molecule has 2 aliphatic heterocycles. The van der Waals surface area contributed by atoms with Gasteiger partial charge in [0.15, 0.2) is 0 Å². The van der Waals surface area contributed by atoms with E-state index in [0.29, 0.717) is 0 Å². The van der Waals surface area contributed by atoms with E-state index in [0.717, 1.165) is 25.8 Å². The number of carbonyl (C=O) groups is 2. The number of fused-ring (bicyclic) bond motifs is 1. The minimum atomic E-state index is -1.10. The van der Waals surface area contributed by atoms with Crippen LogP contribution in [0.15, 0.2) is 0 Å². The Balaban J connectivity index is 1.91. The molecule has 3 aliphatic rings. The van der Waals surface area contributed by atoms with Crippen LogP contribution in [0.5, 0.6) is 0 Å². The highest BCUT2D eigenvalue weighted by molar-refractivity contribution is 6.31. The van der Waals surface area contributed by atoms with Gasteiger partial charge in [-0.05, 0) is 12.8 Å². The number of esters is 2. The number of carbonyl (C=O) groups excluding carboxylic acids is 2. The van der Waals surface area contributed by atoms with E-state index in [1.54, 1.807) is 0 Å². The quantitative estimate of drug-likeness (QED) is 0.405. The predicted molar refractivity (Wildman–Crippen MR) is 39.2 cm³/mol. The normalized spacial score (nSPS) is 32.3. The van der Waals surface area contributed by atoms with Gasteiger partial charge in [-0.1, -0.05) is 6.42 Å². The maximum absolute atomic E-state index is 10.9. The second kappa shape index (κ2) is 1.87. The van der Waals surface area contributed by atoms with Gasteiger partial charge < -0.3 is 9.47 Å². The van der Waals surface area contributed by atoms with E-state index in [4.69, 9.17) is 9.47 Å². The average molecular weight is 183 g/mol. The third-order valence-electron chi connectivity index (χ3n) is 3.31. The molecular weight excluding hydrogens is 174 g/mol. The van der Waals surface area contributed by atoms with Gasteiger partial charge in [-0.2, -0.15) is 0 Å². The second-order valence-electron chi connectivity index (χ2n) is 3.88. The van der Waals surface area contributed by atoms with Crippen LogP contribution in [0.1, 0.15) is 19.3 Å². The van der Waals surface area contributed by atoms with Crippen LogP contribution in [0.3, 0.4) is 0 Å². The van der Waals surface area contributed by atoms with E-state index in [1.165, 1.54) is 0 Å². The Bertz CT molecular complexity index is 286. The van der Waals surface area contributed by atoms with Crippen molar-refractivity contribution in [3.63, 3.8) is 0 Å². The van der Waals surface area contributed by atoms with Crippen molar-refractivity contribution in [2.45, 2.75) is 25.2 Å². The lowest BCUT2D eigenvalue weighted by molar-refractivity contribution is -0.320. The summed E-state index contributed by atoms with van der Waals surface area (Å²) in [6.07, 6.45) is 3.03. The van der Waals surface area contributed by atoms with Crippen LogP contribution < -0.4 is 5.32 Å². The van der Waals surface area contributed by atoms with Crippen molar-refractivity contribution in [1.82, 2.24) is 5.32 Å². The highest BCUT2D eigenvalue weighted by Gasteiger charge is 2.71. The van der Waals surface area contributed by atoms with Crippen LogP contribution in [0.25, 0.3) is 0 Å². The summed E-state index contributed by atoms with van der Waals surface area (Å²) in [4.78, 5) is 21.7. The Morgan fingerprint density at radius 1 is 1.15 bits per heavy atom. The van der Waals surface area contributed by atoms with Crippen molar-refractivity contribution in [3.05, 3.63) is 0 Å². The predicted octanol–water partition coefficient (Wildman–Crippen LogP) is -0.486. The maximum Gasteiger partial charge on any atom is 0.421 e. The first kappa shape index (κ1) is 7.32. The fourth-order valence-electron chi connectivity index (χ4n) is 2.25. The van der Waals surface area contributed by atoms with Gasteiger partial charge in [0.1, 0.15) is 0 Å². The molecule has 0 aromatic heterocycles. The molecule has 1 saturated carbocycles. The Labute approximate surface area is 74.4 Å². The number of nitrogens with one attached hydrogen (secondary N) is 1. The van der Waals surface area contributed by atoms with Gasteiger partial charge >= 0.3 is 17.8 Å². The highest BCUT2D eigenvalue weighted by atomic mass is 16.8. The third-order valence-corrected chi connectivity index (χ3v) is 3.31. The molecule has 2 heterocycles. The Morgan fingerprint density at radius 2 is 1.77 bits per heavy atom. The molecule has 0 unspecified atom stereocenters. The molecule has 0 atom stereocenters. The minimum absolute atomic E-state index is 0.116. The fraction of sp³-hybridized carbons (Fsp3) is 0.750.